The molecule has 0 rings (SSSR count). The van der Waals surface area contributed by atoms with Gasteiger partial charge in [0.1, 0.15) is 0 Å². The first-order valence-electron chi connectivity index (χ1n) is 4.43. The van der Waals surface area contributed by atoms with Crippen LogP contribution in [0.5, 0.6) is 0 Å². The molecule has 1 unspecified atom stereocenters. The van der Waals surface area contributed by atoms with Crippen LogP contribution in [0, 0.1) is 0 Å². The van der Waals surface area contributed by atoms with Gasteiger partial charge in [-0.2, -0.15) is 13.2 Å². The fraction of sp³-hybridized carbons (Fsp3) is 0.667. The van der Waals surface area contributed by atoms with E-state index in [4.69, 9.17) is 10.2 Å². The van der Waals surface area contributed by atoms with Gasteiger partial charge in [-0.15, -0.1) is 0 Å². The minimum atomic E-state index is -5.17. The molecule has 0 spiro atoms. The third kappa shape index (κ3) is 3.54. The Bertz CT molecular complexity index is 247. The van der Waals surface area contributed by atoms with Crippen LogP contribution < -0.4 is 0 Å². The van der Waals surface area contributed by atoms with Gasteiger partial charge in [0, 0.05) is 6.42 Å². The van der Waals surface area contributed by atoms with E-state index >= 15 is 0 Å². The molecule has 2 N–H and O–H groups in total. The van der Waals surface area contributed by atoms with Crippen molar-refractivity contribution in [2.45, 2.75) is 38.0 Å². The summed E-state index contributed by atoms with van der Waals surface area (Å²) in [5.41, 5.74) is -3.68. The Morgan fingerprint density at radius 1 is 1.33 bits per heavy atom. The van der Waals surface area contributed by atoms with Crippen molar-refractivity contribution >= 4 is 5.97 Å². The summed E-state index contributed by atoms with van der Waals surface area (Å²) in [5.74, 6) is -2.28. The van der Waals surface area contributed by atoms with Gasteiger partial charge < -0.3 is 10.2 Å². The molecule has 0 bridgehead atoms. The Morgan fingerprint density at radius 2 is 1.87 bits per heavy atom. The third-order valence-corrected chi connectivity index (χ3v) is 1.86. The van der Waals surface area contributed by atoms with E-state index < -0.39 is 24.2 Å². The van der Waals surface area contributed by atoms with Gasteiger partial charge in [-0.3, -0.25) is 0 Å². The molecule has 0 aromatic carbocycles. The molecule has 15 heavy (non-hydrogen) atoms. The van der Waals surface area contributed by atoms with Crippen molar-refractivity contribution in [3.8, 4) is 0 Å². The second-order valence-corrected chi connectivity index (χ2v) is 3.13. The number of hydrogen-bond donors (Lipinski definition) is 2. The molecular weight excluding hydrogens is 213 g/mol. The highest BCUT2D eigenvalue weighted by atomic mass is 19.4. The topological polar surface area (TPSA) is 57.5 Å². The molecule has 0 fully saturated rings. The first-order valence-corrected chi connectivity index (χ1v) is 4.43. The number of aliphatic carboxylic acids is 1. The van der Waals surface area contributed by atoms with Gasteiger partial charge in [-0.25, -0.2) is 4.79 Å². The summed E-state index contributed by atoms with van der Waals surface area (Å²) < 4.78 is 36.6. The highest BCUT2D eigenvalue weighted by Gasteiger charge is 2.59. The number of allylic oxidation sites excluding steroid dienone is 1. The number of unbranched alkanes of at least 4 members (excludes halogenated alkanes) is 1. The fourth-order valence-electron chi connectivity index (χ4n) is 0.863. The zero-order valence-electron chi connectivity index (χ0n) is 8.21. The summed E-state index contributed by atoms with van der Waals surface area (Å²) in [6.45, 7) is 1.83. The zero-order valence-corrected chi connectivity index (χ0v) is 8.21. The summed E-state index contributed by atoms with van der Waals surface area (Å²) in [6.07, 6.45) is -2.40. The van der Waals surface area contributed by atoms with Crippen molar-refractivity contribution in [2.75, 3.05) is 0 Å². The summed E-state index contributed by atoms with van der Waals surface area (Å²) in [7, 11) is 0. The summed E-state index contributed by atoms with van der Waals surface area (Å²) in [6, 6.07) is 0. The summed E-state index contributed by atoms with van der Waals surface area (Å²) in [4.78, 5) is 10.3. The number of aliphatic hydroxyl groups is 1. The quantitative estimate of drug-likeness (QED) is 0.706. The lowest BCUT2D eigenvalue weighted by molar-refractivity contribution is -0.258. The first-order chi connectivity index (χ1) is 6.75. The summed E-state index contributed by atoms with van der Waals surface area (Å²) >= 11 is 0. The van der Waals surface area contributed by atoms with E-state index in [2.05, 4.69) is 0 Å². The van der Waals surface area contributed by atoms with E-state index in [-0.39, 0.29) is 0 Å². The molecule has 0 amide bonds. The Labute approximate surface area is 85.2 Å². The van der Waals surface area contributed by atoms with Gasteiger partial charge >= 0.3 is 12.1 Å². The number of carboxylic acids is 1. The van der Waals surface area contributed by atoms with Crippen molar-refractivity contribution in [3.63, 3.8) is 0 Å². The molecule has 0 saturated carbocycles. The molecule has 0 radical (unpaired) electrons. The number of carboxylic acid groups (broad SMARTS) is 1. The normalized spacial score (nSPS) is 16.6. The predicted octanol–water partition coefficient (Wildman–Crippen LogP) is 2.11. The molecule has 0 heterocycles. The SMILES string of the molecule is CCC/C=C/CC(O)(C(=O)O)C(F)(F)F. The predicted molar refractivity (Wildman–Crippen MR) is 47.3 cm³/mol. The Balaban J connectivity index is 4.62. The van der Waals surface area contributed by atoms with Crippen LogP contribution >= 0.6 is 0 Å². The van der Waals surface area contributed by atoms with E-state index in [9.17, 15) is 18.0 Å². The number of hydrogen-bond acceptors (Lipinski definition) is 2. The maximum Gasteiger partial charge on any atom is 0.428 e. The molecule has 0 aliphatic carbocycles. The van der Waals surface area contributed by atoms with Crippen LogP contribution in [-0.4, -0.2) is 28.0 Å². The van der Waals surface area contributed by atoms with E-state index in [1.807, 2.05) is 6.92 Å². The lowest BCUT2D eigenvalue weighted by Gasteiger charge is -2.24. The Hall–Kier alpha value is -1.04. The van der Waals surface area contributed by atoms with Crippen LogP contribution in [0.2, 0.25) is 0 Å². The highest BCUT2D eigenvalue weighted by Crippen LogP contribution is 2.33. The van der Waals surface area contributed by atoms with Gasteiger partial charge in [0.25, 0.3) is 5.60 Å². The van der Waals surface area contributed by atoms with E-state index in [1.165, 1.54) is 6.08 Å². The van der Waals surface area contributed by atoms with E-state index in [0.717, 1.165) is 12.5 Å². The molecule has 3 nitrogen and oxygen atoms in total. The molecule has 1 atom stereocenters. The number of rotatable bonds is 5. The molecule has 0 aliphatic heterocycles. The number of halogens is 3. The number of carbonyl (C=O) groups is 1. The fourth-order valence-corrected chi connectivity index (χ4v) is 0.863. The van der Waals surface area contributed by atoms with Crippen molar-refractivity contribution in [3.05, 3.63) is 12.2 Å². The van der Waals surface area contributed by atoms with Gasteiger partial charge in [0.05, 0.1) is 0 Å². The molecule has 0 saturated heterocycles. The average molecular weight is 226 g/mol. The van der Waals surface area contributed by atoms with Gasteiger partial charge in [0.2, 0.25) is 0 Å². The Kier molecular flexibility index (Phi) is 4.80. The minimum absolute atomic E-state index is 0.549. The van der Waals surface area contributed by atoms with E-state index in [1.54, 1.807) is 0 Å². The molecule has 0 aromatic rings. The molecule has 0 aliphatic rings. The van der Waals surface area contributed by atoms with Crippen LogP contribution in [0.25, 0.3) is 0 Å². The van der Waals surface area contributed by atoms with Gasteiger partial charge in [-0.1, -0.05) is 25.5 Å². The smallest absolute Gasteiger partial charge is 0.428 e. The maximum absolute atomic E-state index is 12.2. The molecular formula is C9H13F3O3. The largest absolute Gasteiger partial charge is 0.479 e. The standard InChI is InChI=1S/C9H13F3O3/c1-2-3-4-5-6-8(15,7(13)14)9(10,11)12/h4-5,15H,2-3,6H2,1H3,(H,13,14)/b5-4+. The van der Waals surface area contributed by atoms with Crippen LogP contribution in [0.4, 0.5) is 13.2 Å². The summed E-state index contributed by atoms with van der Waals surface area (Å²) in [5, 5.41) is 17.3. The molecule has 88 valence electrons. The van der Waals surface area contributed by atoms with E-state index in [0.29, 0.717) is 6.42 Å². The minimum Gasteiger partial charge on any atom is -0.479 e. The number of alkyl halides is 3. The lowest BCUT2D eigenvalue weighted by Crippen LogP contribution is -2.51. The first kappa shape index (κ1) is 14.0. The van der Waals surface area contributed by atoms with Crippen molar-refractivity contribution in [1.29, 1.82) is 0 Å². The van der Waals surface area contributed by atoms with Crippen molar-refractivity contribution < 1.29 is 28.2 Å². The average Bonchev–Trinajstić information content (AvgIpc) is 2.09. The second-order valence-electron chi connectivity index (χ2n) is 3.13. The Morgan fingerprint density at radius 3 is 2.20 bits per heavy atom. The van der Waals surface area contributed by atoms with Gasteiger partial charge in [-0.05, 0) is 6.42 Å². The molecule has 6 heteroatoms. The third-order valence-electron chi connectivity index (χ3n) is 1.86. The van der Waals surface area contributed by atoms with Crippen molar-refractivity contribution in [1.82, 2.24) is 0 Å². The van der Waals surface area contributed by atoms with Crippen molar-refractivity contribution in [2.24, 2.45) is 0 Å². The second kappa shape index (κ2) is 5.16. The molecule has 0 aromatic heterocycles. The van der Waals surface area contributed by atoms with Gasteiger partial charge in [0.15, 0.2) is 0 Å². The van der Waals surface area contributed by atoms with Crippen LogP contribution in [0.3, 0.4) is 0 Å². The van der Waals surface area contributed by atoms with Crippen LogP contribution in [0.1, 0.15) is 26.2 Å². The maximum atomic E-state index is 12.2. The van der Waals surface area contributed by atoms with Crippen LogP contribution in [-0.2, 0) is 4.79 Å². The zero-order chi connectivity index (χ0) is 12.1. The lowest BCUT2D eigenvalue weighted by atomic mass is 9.99. The monoisotopic (exact) mass is 226 g/mol. The van der Waals surface area contributed by atoms with Crippen LogP contribution in [0.15, 0.2) is 12.2 Å². The highest BCUT2D eigenvalue weighted by molar-refractivity contribution is 5.78.